The van der Waals surface area contributed by atoms with Gasteiger partial charge >= 0.3 is 12.5 Å². The first kappa shape index (κ1) is 16.1. The summed E-state index contributed by atoms with van der Waals surface area (Å²) in [5, 5.41) is 4.18. The molecule has 0 spiro atoms. The van der Waals surface area contributed by atoms with Crippen molar-refractivity contribution in [3.8, 4) is 0 Å². The third-order valence-corrected chi connectivity index (χ3v) is 3.97. The molecule has 0 fully saturated rings. The number of benzene rings is 1. The molecule has 0 bridgehead atoms. The molecule has 0 saturated heterocycles. The fourth-order valence-corrected chi connectivity index (χ4v) is 2.85. The summed E-state index contributed by atoms with van der Waals surface area (Å²) in [7, 11) is 0. The Labute approximate surface area is 145 Å². The Kier molecular flexibility index (Phi) is 3.83. The highest BCUT2D eigenvalue weighted by Gasteiger charge is 2.22. The molecule has 0 aliphatic rings. The number of esters is 1. The number of aromatic nitrogens is 5. The van der Waals surface area contributed by atoms with E-state index in [1.807, 2.05) is 0 Å². The first-order valence-corrected chi connectivity index (χ1v) is 7.77. The zero-order valence-electron chi connectivity index (χ0n) is 13.6. The van der Waals surface area contributed by atoms with Crippen molar-refractivity contribution in [2.75, 3.05) is 0 Å². The standard InChI is InChI=1S/C17H13F2N5O2/c1-10-14(15-20-7-4-8-23(15)22-10)16(25)26-9-13-21-11-5-2-3-6-12(11)24(13)17(18)19/h2-8,17H,9H2,1H3. The van der Waals surface area contributed by atoms with Crippen LogP contribution >= 0.6 is 0 Å². The average Bonchev–Trinajstić information content (AvgIpc) is 3.16. The van der Waals surface area contributed by atoms with Gasteiger partial charge in [0.05, 0.1) is 16.7 Å². The first-order chi connectivity index (χ1) is 12.6. The summed E-state index contributed by atoms with van der Waals surface area (Å²) in [4.78, 5) is 20.7. The van der Waals surface area contributed by atoms with Crippen LogP contribution in [0.15, 0.2) is 42.7 Å². The summed E-state index contributed by atoms with van der Waals surface area (Å²) in [6, 6.07) is 8.19. The Morgan fingerprint density at radius 1 is 1.27 bits per heavy atom. The number of alkyl halides is 2. The Balaban J connectivity index is 1.65. The molecule has 7 nitrogen and oxygen atoms in total. The number of carbonyl (C=O) groups is 1. The molecule has 0 amide bonds. The zero-order valence-corrected chi connectivity index (χ0v) is 13.6. The summed E-state index contributed by atoms with van der Waals surface area (Å²) in [6.45, 7) is -1.53. The van der Waals surface area contributed by atoms with E-state index in [1.165, 1.54) is 10.7 Å². The summed E-state index contributed by atoms with van der Waals surface area (Å²) < 4.78 is 34.3. The zero-order chi connectivity index (χ0) is 18.3. The van der Waals surface area contributed by atoms with E-state index in [4.69, 9.17) is 4.74 Å². The van der Waals surface area contributed by atoms with Crippen molar-refractivity contribution in [1.82, 2.24) is 24.1 Å². The summed E-state index contributed by atoms with van der Waals surface area (Å²) in [5.74, 6) is -0.722. The number of fused-ring (bicyclic) bond motifs is 2. The molecule has 4 rings (SSSR count). The number of para-hydroxylation sites is 2. The van der Waals surface area contributed by atoms with E-state index in [0.717, 1.165) is 4.57 Å². The number of hydrogen-bond donors (Lipinski definition) is 0. The van der Waals surface area contributed by atoms with E-state index in [1.54, 1.807) is 43.5 Å². The van der Waals surface area contributed by atoms with E-state index in [9.17, 15) is 13.6 Å². The topological polar surface area (TPSA) is 74.3 Å². The third-order valence-electron chi connectivity index (χ3n) is 3.97. The normalized spacial score (nSPS) is 11.5. The Morgan fingerprint density at radius 2 is 2.08 bits per heavy atom. The van der Waals surface area contributed by atoms with Crippen molar-refractivity contribution >= 4 is 22.6 Å². The third kappa shape index (κ3) is 2.57. The largest absolute Gasteiger partial charge is 0.454 e. The summed E-state index contributed by atoms with van der Waals surface area (Å²) in [6.07, 6.45) is 3.19. The van der Waals surface area contributed by atoms with E-state index >= 15 is 0 Å². The van der Waals surface area contributed by atoms with Crippen molar-refractivity contribution in [2.24, 2.45) is 0 Å². The molecule has 0 saturated carbocycles. The van der Waals surface area contributed by atoms with Crippen LogP contribution in [0.2, 0.25) is 0 Å². The molecular weight excluding hydrogens is 344 g/mol. The van der Waals surface area contributed by atoms with Gasteiger partial charge in [0.2, 0.25) is 0 Å². The quantitative estimate of drug-likeness (QED) is 0.525. The molecule has 0 aliphatic carbocycles. The highest BCUT2D eigenvalue weighted by Crippen LogP contribution is 2.24. The number of ether oxygens (including phenoxy) is 1. The first-order valence-electron chi connectivity index (χ1n) is 7.77. The maximum atomic E-state index is 13.4. The molecule has 132 valence electrons. The van der Waals surface area contributed by atoms with Gasteiger partial charge in [-0.25, -0.2) is 19.3 Å². The van der Waals surface area contributed by atoms with Crippen LogP contribution in [0.25, 0.3) is 16.7 Å². The van der Waals surface area contributed by atoms with Gasteiger partial charge in [0.15, 0.2) is 11.5 Å². The van der Waals surface area contributed by atoms with Gasteiger partial charge in [-0.1, -0.05) is 12.1 Å². The Hall–Kier alpha value is -3.36. The second kappa shape index (κ2) is 6.17. The van der Waals surface area contributed by atoms with Gasteiger partial charge in [-0.15, -0.1) is 0 Å². The van der Waals surface area contributed by atoms with Crippen molar-refractivity contribution in [1.29, 1.82) is 0 Å². The maximum Gasteiger partial charge on any atom is 0.344 e. The molecule has 0 aliphatic heterocycles. The van der Waals surface area contributed by atoms with Crippen LogP contribution in [-0.4, -0.2) is 30.1 Å². The lowest BCUT2D eigenvalue weighted by Crippen LogP contribution is -2.11. The van der Waals surface area contributed by atoms with Gasteiger partial charge in [0.25, 0.3) is 0 Å². The van der Waals surface area contributed by atoms with Crippen molar-refractivity contribution in [3.63, 3.8) is 0 Å². The molecule has 0 atom stereocenters. The van der Waals surface area contributed by atoms with Gasteiger partial charge < -0.3 is 4.74 Å². The van der Waals surface area contributed by atoms with Crippen LogP contribution in [-0.2, 0) is 11.3 Å². The van der Waals surface area contributed by atoms with Crippen LogP contribution in [0.5, 0.6) is 0 Å². The van der Waals surface area contributed by atoms with E-state index in [0.29, 0.717) is 16.9 Å². The Bertz CT molecular complexity index is 1120. The van der Waals surface area contributed by atoms with Crippen LogP contribution in [0, 0.1) is 6.92 Å². The molecule has 1 aromatic carbocycles. The smallest absolute Gasteiger partial charge is 0.344 e. The number of rotatable bonds is 4. The summed E-state index contributed by atoms with van der Waals surface area (Å²) in [5.41, 5.74) is 1.67. The fourth-order valence-electron chi connectivity index (χ4n) is 2.85. The fraction of sp³-hybridized carbons (Fsp3) is 0.176. The number of imidazole rings is 1. The second-order valence-electron chi connectivity index (χ2n) is 5.59. The molecule has 3 heterocycles. The lowest BCUT2D eigenvalue weighted by molar-refractivity contribution is 0.0388. The molecular formula is C17H13F2N5O2. The summed E-state index contributed by atoms with van der Waals surface area (Å²) >= 11 is 0. The van der Waals surface area contributed by atoms with Crippen molar-refractivity contribution in [2.45, 2.75) is 20.1 Å². The number of halogens is 2. The minimum absolute atomic E-state index is 0.0309. The molecule has 4 aromatic rings. The SMILES string of the molecule is Cc1nn2cccnc2c1C(=O)OCc1nc2ccccc2n1C(F)F. The number of hydrogen-bond acceptors (Lipinski definition) is 5. The van der Waals surface area contributed by atoms with Gasteiger partial charge in [-0.05, 0) is 25.1 Å². The highest BCUT2D eigenvalue weighted by molar-refractivity contribution is 5.97. The van der Waals surface area contributed by atoms with Gasteiger partial charge in [0.1, 0.15) is 12.2 Å². The maximum absolute atomic E-state index is 13.4. The minimum Gasteiger partial charge on any atom is -0.454 e. The number of aryl methyl sites for hydroxylation is 1. The van der Waals surface area contributed by atoms with Gasteiger partial charge in [-0.2, -0.15) is 13.9 Å². The van der Waals surface area contributed by atoms with Crippen LogP contribution in [0.4, 0.5) is 8.78 Å². The van der Waals surface area contributed by atoms with Crippen LogP contribution < -0.4 is 0 Å². The predicted molar refractivity (Wildman–Crippen MR) is 87.8 cm³/mol. The molecule has 0 unspecified atom stereocenters. The molecule has 3 aromatic heterocycles. The molecule has 0 N–H and O–H groups in total. The van der Waals surface area contributed by atoms with Crippen molar-refractivity contribution in [3.05, 3.63) is 59.8 Å². The van der Waals surface area contributed by atoms with Crippen molar-refractivity contribution < 1.29 is 18.3 Å². The number of carbonyl (C=O) groups excluding carboxylic acids is 1. The monoisotopic (exact) mass is 357 g/mol. The second-order valence-corrected chi connectivity index (χ2v) is 5.59. The lowest BCUT2D eigenvalue weighted by atomic mass is 10.2. The molecule has 9 heteroatoms. The van der Waals surface area contributed by atoms with Gasteiger partial charge in [0, 0.05) is 12.4 Å². The van der Waals surface area contributed by atoms with Gasteiger partial charge in [-0.3, -0.25) is 4.57 Å². The lowest BCUT2D eigenvalue weighted by Gasteiger charge is -2.08. The predicted octanol–water partition coefficient (Wildman–Crippen LogP) is 3.14. The van der Waals surface area contributed by atoms with Crippen LogP contribution in [0.1, 0.15) is 28.4 Å². The van der Waals surface area contributed by atoms with E-state index < -0.39 is 12.5 Å². The van der Waals surface area contributed by atoms with E-state index in [-0.39, 0.29) is 23.5 Å². The molecule has 26 heavy (non-hydrogen) atoms. The Morgan fingerprint density at radius 3 is 2.88 bits per heavy atom. The average molecular weight is 357 g/mol. The molecule has 0 radical (unpaired) electrons. The number of nitrogens with zero attached hydrogens (tertiary/aromatic N) is 5. The minimum atomic E-state index is -2.79. The van der Waals surface area contributed by atoms with Crippen LogP contribution in [0.3, 0.4) is 0 Å². The highest BCUT2D eigenvalue weighted by atomic mass is 19.3. The van der Waals surface area contributed by atoms with E-state index in [2.05, 4.69) is 15.1 Å².